The molecule has 1 heterocycles. The van der Waals surface area contributed by atoms with E-state index in [-0.39, 0.29) is 5.54 Å². The third-order valence-corrected chi connectivity index (χ3v) is 4.59. The normalized spacial score (nSPS) is 33.6. The van der Waals surface area contributed by atoms with Crippen LogP contribution in [0, 0.1) is 0 Å². The SMILES string of the molecule is CCC1CNC(C)(c2ccccc2)CN1C1CC1. The van der Waals surface area contributed by atoms with E-state index in [1.807, 2.05) is 0 Å². The molecule has 98 valence electrons. The van der Waals surface area contributed by atoms with E-state index in [1.165, 1.54) is 24.8 Å². The molecule has 0 amide bonds. The van der Waals surface area contributed by atoms with Gasteiger partial charge >= 0.3 is 0 Å². The quantitative estimate of drug-likeness (QED) is 0.879. The second-order valence-corrected chi connectivity index (χ2v) is 6.04. The first-order chi connectivity index (χ1) is 8.73. The lowest BCUT2D eigenvalue weighted by atomic mass is 9.87. The first kappa shape index (κ1) is 12.2. The second kappa shape index (κ2) is 4.67. The summed E-state index contributed by atoms with van der Waals surface area (Å²) in [4.78, 5) is 2.75. The molecule has 2 heteroatoms. The average molecular weight is 244 g/mol. The summed E-state index contributed by atoms with van der Waals surface area (Å²) in [6.45, 7) is 6.94. The first-order valence-corrected chi connectivity index (χ1v) is 7.29. The maximum absolute atomic E-state index is 3.78. The molecule has 2 nitrogen and oxygen atoms in total. The number of nitrogens with one attached hydrogen (secondary N) is 1. The molecule has 1 saturated carbocycles. The molecule has 1 N–H and O–H groups in total. The molecule has 2 fully saturated rings. The van der Waals surface area contributed by atoms with E-state index in [0.29, 0.717) is 0 Å². The molecular weight excluding hydrogens is 220 g/mol. The van der Waals surface area contributed by atoms with Crippen LogP contribution in [0.1, 0.15) is 38.7 Å². The van der Waals surface area contributed by atoms with E-state index in [2.05, 4.69) is 54.4 Å². The molecule has 2 unspecified atom stereocenters. The van der Waals surface area contributed by atoms with Crippen LogP contribution in [0.3, 0.4) is 0 Å². The third-order valence-electron chi connectivity index (χ3n) is 4.59. The van der Waals surface area contributed by atoms with Gasteiger partial charge in [-0.1, -0.05) is 37.3 Å². The maximum atomic E-state index is 3.78. The Morgan fingerprint density at radius 1 is 1.28 bits per heavy atom. The molecule has 0 aromatic heterocycles. The lowest BCUT2D eigenvalue weighted by Gasteiger charge is -2.46. The van der Waals surface area contributed by atoms with E-state index < -0.39 is 0 Å². The molecule has 2 atom stereocenters. The Hall–Kier alpha value is -0.860. The Bertz CT molecular complexity index is 399. The van der Waals surface area contributed by atoms with Gasteiger partial charge in [0.05, 0.1) is 5.54 Å². The van der Waals surface area contributed by atoms with Gasteiger partial charge in [-0.25, -0.2) is 0 Å². The van der Waals surface area contributed by atoms with Gasteiger partial charge in [-0.15, -0.1) is 0 Å². The van der Waals surface area contributed by atoms with Crippen LogP contribution in [0.25, 0.3) is 0 Å². The topological polar surface area (TPSA) is 15.3 Å². The Morgan fingerprint density at radius 3 is 2.61 bits per heavy atom. The van der Waals surface area contributed by atoms with Crippen molar-refractivity contribution in [3.8, 4) is 0 Å². The van der Waals surface area contributed by atoms with Gasteiger partial charge in [0.2, 0.25) is 0 Å². The fraction of sp³-hybridized carbons (Fsp3) is 0.625. The van der Waals surface area contributed by atoms with Crippen molar-refractivity contribution < 1.29 is 0 Å². The van der Waals surface area contributed by atoms with E-state index in [1.54, 1.807) is 0 Å². The molecule has 18 heavy (non-hydrogen) atoms. The largest absolute Gasteiger partial charge is 0.305 e. The van der Waals surface area contributed by atoms with Crippen LogP contribution in [-0.2, 0) is 5.54 Å². The number of benzene rings is 1. The highest BCUT2D eigenvalue weighted by atomic mass is 15.3. The molecule has 0 spiro atoms. The molecule has 0 bridgehead atoms. The number of rotatable bonds is 3. The summed E-state index contributed by atoms with van der Waals surface area (Å²) in [6.07, 6.45) is 4.07. The minimum absolute atomic E-state index is 0.121. The first-order valence-electron chi connectivity index (χ1n) is 7.29. The van der Waals surface area contributed by atoms with Gasteiger partial charge in [-0.3, -0.25) is 4.90 Å². The van der Waals surface area contributed by atoms with Gasteiger partial charge in [-0.05, 0) is 31.7 Å². The fourth-order valence-electron chi connectivity index (χ4n) is 3.22. The summed E-state index contributed by atoms with van der Waals surface area (Å²) in [5, 5.41) is 3.78. The van der Waals surface area contributed by atoms with Crippen molar-refractivity contribution in [1.82, 2.24) is 10.2 Å². The highest BCUT2D eigenvalue weighted by molar-refractivity contribution is 5.25. The van der Waals surface area contributed by atoms with Gasteiger partial charge in [0.1, 0.15) is 0 Å². The van der Waals surface area contributed by atoms with Crippen LogP contribution in [0.5, 0.6) is 0 Å². The highest BCUT2D eigenvalue weighted by Gasteiger charge is 2.42. The molecule has 2 aliphatic rings. The molecule has 1 aliphatic carbocycles. The second-order valence-electron chi connectivity index (χ2n) is 6.04. The van der Waals surface area contributed by atoms with Crippen LogP contribution in [0.4, 0.5) is 0 Å². The minimum Gasteiger partial charge on any atom is -0.305 e. The zero-order chi connectivity index (χ0) is 12.6. The lowest BCUT2D eigenvalue weighted by Crippen LogP contribution is -2.61. The van der Waals surface area contributed by atoms with Crippen molar-refractivity contribution in [2.75, 3.05) is 13.1 Å². The Labute approximate surface area is 110 Å². The zero-order valence-electron chi connectivity index (χ0n) is 11.5. The molecule has 1 aromatic rings. The summed E-state index contributed by atoms with van der Waals surface area (Å²) in [5.41, 5.74) is 1.54. The Morgan fingerprint density at radius 2 is 2.00 bits per heavy atom. The van der Waals surface area contributed by atoms with Crippen molar-refractivity contribution in [2.24, 2.45) is 0 Å². The predicted molar refractivity (Wildman–Crippen MR) is 75.6 cm³/mol. The summed E-state index contributed by atoms with van der Waals surface area (Å²) >= 11 is 0. The summed E-state index contributed by atoms with van der Waals surface area (Å²) < 4.78 is 0. The van der Waals surface area contributed by atoms with Crippen molar-refractivity contribution in [2.45, 2.75) is 50.7 Å². The summed E-state index contributed by atoms with van der Waals surface area (Å²) in [7, 11) is 0. The van der Waals surface area contributed by atoms with E-state index in [0.717, 1.165) is 25.2 Å². The van der Waals surface area contributed by atoms with Gasteiger partial charge in [-0.2, -0.15) is 0 Å². The smallest absolute Gasteiger partial charge is 0.0535 e. The van der Waals surface area contributed by atoms with E-state index in [4.69, 9.17) is 0 Å². The standard InChI is InChI=1S/C16H24N2/c1-3-14-11-17-16(2,12-18(14)15-9-10-15)13-7-5-4-6-8-13/h4-8,14-15,17H,3,9-12H2,1-2H3. The predicted octanol–water partition coefficient (Wildman–Crippen LogP) is 2.75. The summed E-state index contributed by atoms with van der Waals surface area (Å²) in [6, 6.07) is 12.5. The van der Waals surface area contributed by atoms with Crippen molar-refractivity contribution in [1.29, 1.82) is 0 Å². The molecule has 1 aromatic carbocycles. The van der Waals surface area contributed by atoms with Crippen molar-refractivity contribution >= 4 is 0 Å². The Kier molecular flexibility index (Phi) is 3.16. The maximum Gasteiger partial charge on any atom is 0.0535 e. The highest BCUT2D eigenvalue weighted by Crippen LogP contribution is 2.35. The monoisotopic (exact) mass is 244 g/mol. The molecule has 1 aliphatic heterocycles. The van der Waals surface area contributed by atoms with Crippen molar-refractivity contribution in [3.63, 3.8) is 0 Å². The molecule has 0 radical (unpaired) electrons. The van der Waals surface area contributed by atoms with Gasteiger partial charge in [0, 0.05) is 25.2 Å². The number of nitrogens with zero attached hydrogens (tertiary/aromatic N) is 1. The van der Waals surface area contributed by atoms with E-state index >= 15 is 0 Å². The minimum atomic E-state index is 0.121. The van der Waals surface area contributed by atoms with Crippen LogP contribution >= 0.6 is 0 Å². The summed E-state index contributed by atoms with van der Waals surface area (Å²) in [5.74, 6) is 0. The molecule has 1 saturated heterocycles. The third kappa shape index (κ3) is 2.19. The van der Waals surface area contributed by atoms with E-state index in [9.17, 15) is 0 Å². The molecule has 3 rings (SSSR count). The van der Waals surface area contributed by atoms with Crippen LogP contribution < -0.4 is 5.32 Å². The fourth-order valence-corrected chi connectivity index (χ4v) is 3.22. The lowest BCUT2D eigenvalue weighted by molar-refractivity contribution is 0.0759. The van der Waals surface area contributed by atoms with Crippen LogP contribution in [0.2, 0.25) is 0 Å². The molecular formula is C16H24N2. The van der Waals surface area contributed by atoms with Gasteiger partial charge in [0.25, 0.3) is 0 Å². The Balaban J connectivity index is 1.82. The number of hydrogen-bond donors (Lipinski definition) is 1. The number of hydrogen-bond acceptors (Lipinski definition) is 2. The van der Waals surface area contributed by atoms with Crippen molar-refractivity contribution in [3.05, 3.63) is 35.9 Å². The zero-order valence-corrected chi connectivity index (χ0v) is 11.5. The van der Waals surface area contributed by atoms with Crippen LogP contribution in [0.15, 0.2) is 30.3 Å². The average Bonchev–Trinajstić information content (AvgIpc) is 3.24. The van der Waals surface area contributed by atoms with Gasteiger partial charge < -0.3 is 5.32 Å². The van der Waals surface area contributed by atoms with Gasteiger partial charge in [0.15, 0.2) is 0 Å². The number of piperazine rings is 1. The van der Waals surface area contributed by atoms with Crippen LogP contribution in [-0.4, -0.2) is 30.1 Å².